The van der Waals surface area contributed by atoms with Gasteiger partial charge < -0.3 is 9.88 Å². The number of aromatic amines is 1. The van der Waals surface area contributed by atoms with Crippen molar-refractivity contribution in [3.63, 3.8) is 0 Å². The molecule has 0 saturated heterocycles. The van der Waals surface area contributed by atoms with Gasteiger partial charge in [-0.3, -0.25) is 9.59 Å². The highest BCUT2D eigenvalue weighted by molar-refractivity contribution is 6.30. The van der Waals surface area contributed by atoms with Gasteiger partial charge in [-0.2, -0.15) is 0 Å². The molecule has 0 fully saturated rings. The predicted molar refractivity (Wildman–Crippen MR) is 96.6 cm³/mol. The van der Waals surface area contributed by atoms with Crippen molar-refractivity contribution < 1.29 is 4.79 Å². The number of halogens is 1. The molecule has 3 rings (SSSR count). The molecule has 0 aliphatic heterocycles. The van der Waals surface area contributed by atoms with E-state index < -0.39 is 0 Å². The Hall–Kier alpha value is -2.59. The maximum Gasteiger partial charge on any atom is 0.253 e. The van der Waals surface area contributed by atoms with Crippen LogP contribution in [-0.4, -0.2) is 22.8 Å². The highest BCUT2D eigenvalue weighted by atomic mass is 35.5. The fourth-order valence-electron chi connectivity index (χ4n) is 2.63. The van der Waals surface area contributed by atoms with Gasteiger partial charge in [0.2, 0.25) is 0 Å². The first-order valence-corrected chi connectivity index (χ1v) is 7.95. The van der Waals surface area contributed by atoms with Crippen LogP contribution in [0.1, 0.15) is 21.5 Å². The van der Waals surface area contributed by atoms with Gasteiger partial charge >= 0.3 is 0 Å². The zero-order valence-electron chi connectivity index (χ0n) is 13.5. The fourth-order valence-corrected chi connectivity index (χ4v) is 2.75. The summed E-state index contributed by atoms with van der Waals surface area (Å²) in [5, 5.41) is 1.53. The lowest BCUT2D eigenvalue weighted by atomic mass is 10.1. The molecule has 0 unspecified atom stereocenters. The molecule has 122 valence electrons. The number of hydrogen-bond donors (Lipinski definition) is 1. The van der Waals surface area contributed by atoms with E-state index in [1.54, 1.807) is 31.3 Å². The maximum atomic E-state index is 12.5. The number of H-pyrrole nitrogens is 1. The lowest BCUT2D eigenvalue weighted by Gasteiger charge is -2.17. The van der Waals surface area contributed by atoms with Crippen LogP contribution in [0.25, 0.3) is 10.9 Å². The molecule has 0 saturated carbocycles. The SMILES string of the molecule is Cc1ccc2[nH]c(=O)c(CN(C)C(=O)c3ccc(Cl)cc3)cc2c1. The standard InChI is InChI=1S/C19H17ClN2O2/c1-12-3-8-17-14(9-12)10-15(18(23)21-17)11-22(2)19(24)13-4-6-16(20)7-5-13/h3-10H,11H2,1-2H3,(H,21,23). The molecule has 2 aromatic carbocycles. The Kier molecular flexibility index (Phi) is 4.40. The molecule has 4 nitrogen and oxygen atoms in total. The molecule has 5 heteroatoms. The molecule has 1 aromatic heterocycles. The topological polar surface area (TPSA) is 53.2 Å². The van der Waals surface area contributed by atoms with E-state index in [9.17, 15) is 9.59 Å². The quantitative estimate of drug-likeness (QED) is 0.789. The Balaban J connectivity index is 1.88. The van der Waals surface area contributed by atoms with Crippen molar-refractivity contribution in [3.05, 3.63) is 80.6 Å². The van der Waals surface area contributed by atoms with E-state index in [0.29, 0.717) is 16.1 Å². The largest absolute Gasteiger partial charge is 0.337 e. The summed E-state index contributed by atoms with van der Waals surface area (Å²) in [6.45, 7) is 2.24. The molecule has 0 atom stereocenters. The number of benzene rings is 2. The van der Waals surface area contributed by atoms with Crippen LogP contribution in [-0.2, 0) is 6.54 Å². The number of amides is 1. The minimum Gasteiger partial charge on any atom is -0.337 e. The highest BCUT2D eigenvalue weighted by Gasteiger charge is 2.14. The minimum atomic E-state index is -0.179. The number of fused-ring (bicyclic) bond motifs is 1. The van der Waals surface area contributed by atoms with Gasteiger partial charge in [0, 0.05) is 28.7 Å². The Morgan fingerprint density at radius 1 is 1.12 bits per heavy atom. The molecule has 0 radical (unpaired) electrons. The van der Waals surface area contributed by atoms with Crippen LogP contribution in [0.4, 0.5) is 0 Å². The minimum absolute atomic E-state index is 0.157. The Labute approximate surface area is 144 Å². The van der Waals surface area contributed by atoms with Crippen molar-refractivity contribution in [3.8, 4) is 0 Å². The number of rotatable bonds is 3. The molecular weight excluding hydrogens is 324 g/mol. The van der Waals surface area contributed by atoms with Gasteiger partial charge in [0.1, 0.15) is 0 Å². The van der Waals surface area contributed by atoms with Gasteiger partial charge in [0.05, 0.1) is 6.54 Å². The monoisotopic (exact) mass is 340 g/mol. The van der Waals surface area contributed by atoms with Crippen molar-refractivity contribution in [2.45, 2.75) is 13.5 Å². The summed E-state index contributed by atoms with van der Waals surface area (Å²) in [7, 11) is 1.68. The summed E-state index contributed by atoms with van der Waals surface area (Å²) in [4.78, 5) is 29.1. The van der Waals surface area contributed by atoms with E-state index in [-0.39, 0.29) is 18.0 Å². The normalized spacial score (nSPS) is 10.8. The molecule has 0 aliphatic rings. The van der Waals surface area contributed by atoms with Crippen molar-refractivity contribution >= 4 is 28.4 Å². The van der Waals surface area contributed by atoms with Crippen LogP contribution < -0.4 is 5.56 Å². The summed E-state index contributed by atoms with van der Waals surface area (Å²) in [5.74, 6) is -0.157. The molecule has 0 bridgehead atoms. The predicted octanol–water partition coefficient (Wildman–Crippen LogP) is 3.76. The van der Waals surface area contributed by atoms with E-state index >= 15 is 0 Å². The van der Waals surface area contributed by atoms with Gasteiger partial charge in [-0.15, -0.1) is 0 Å². The number of aryl methyl sites for hydroxylation is 1. The van der Waals surface area contributed by atoms with E-state index in [0.717, 1.165) is 16.5 Å². The van der Waals surface area contributed by atoms with E-state index in [1.165, 1.54) is 4.90 Å². The maximum absolute atomic E-state index is 12.5. The van der Waals surface area contributed by atoms with Gasteiger partial charge in [-0.1, -0.05) is 23.2 Å². The van der Waals surface area contributed by atoms with Crippen LogP contribution in [0.15, 0.2) is 53.3 Å². The number of carbonyl (C=O) groups is 1. The van der Waals surface area contributed by atoms with Crippen LogP contribution >= 0.6 is 11.6 Å². The zero-order chi connectivity index (χ0) is 17.3. The first-order chi connectivity index (χ1) is 11.4. The number of nitrogens with zero attached hydrogens (tertiary/aromatic N) is 1. The number of pyridine rings is 1. The Bertz CT molecular complexity index is 961. The first kappa shape index (κ1) is 16.3. The van der Waals surface area contributed by atoms with Gasteiger partial charge in [-0.05, 0) is 54.8 Å². The molecular formula is C19H17ClN2O2. The summed E-state index contributed by atoms with van der Waals surface area (Å²) < 4.78 is 0. The van der Waals surface area contributed by atoms with Crippen molar-refractivity contribution in [2.75, 3.05) is 7.05 Å². The summed E-state index contributed by atoms with van der Waals surface area (Å²) in [5.41, 5.74) is 2.82. The summed E-state index contributed by atoms with van der Waals surface area (Å²) in [6, 6.07) is 14.4. The number of carbonyl (C=O) groups excluding carboxylic acids is 1. The number of aromatic nitrogens is 1. The third-order valence-corrected chi connectivity index (χ3v) is 4.17. The van der Waals surface area contributed by atoms with Crippen LogP contribution in [0.5, 0.6) is 0 Å². The van der Waals surface area contributed by atoms with Crippen molar-refractivity contribution in [1.29, 1.82) is 0 Å². The fraction of sp³-hybridized carbons (Fsp3) is 0.158. The third kappa shape index (κ3) is 3.34. The first-order valence-electron chi connectivity index (χ1n) is 7.57. The second-order valence-electron chi connectivity index (χ2n) is 5.88. The average molecular weight is 341 g/mol. The van der Waals surface area contributed by atoms with E-state index in [1.807, 2.05) is 31.2 Å². The summed E-state index contributed by atoms with van der Waals surface area (Å²) in [6.07, 6.45) is 0. The third-order valence-electron chi connectivity index (χ3n) is 3.92. The molecule has 0 aliphatic carbocycles. The number of hydrogen-bond acceptors (Lipinski definition) is 2. The second kappa shape index (κ2) is 6.49. The van der Waals surface area contributed by atoms with Crippen molar-refractivity contribution in [1.82, 2.24) is 9.88 Å². The molecule has 3 aromatic rings. The molecule has 1 heterocycles. The molecule has 1 N–H and O–H groups in total. The smallest absolute Gasteiger partial charge is 0.253 e. The van der Waals surface area contributed by atoms with Gasteiger partial charge in [-0.25, -0.2) is 0 Å². The van der Waals surface area contributed by atoms with Crippen LogP contribution in [0, 0.1) is 6.92 Å². The summed E-state index contributed by atoms with van der Waals surface area (Å²) >= 11 is 5.84. The van der Waals surface area contributed by atoms with Gasteiger partial charge in [0.15, 0.2) is 0 Å². The Morgan fingerprint density at radius 3 is 2.54 bits per heavy atom. The lowest BCUT2D eigenvalue weighted by Crippen LogP contribution is -2.29. The lowest BCUT2D eigenvalue weighted by molar-refractivity contribution is 0.0784. The van der Waals surface area contributed by atoms with E-state index in [4.69, 9.17) is 11.6 Å². The Morgan fingerprint density at radius 2 is 1.83 bits per heavy atom. The van der Waals surface area contributed by atoms with Crippen molar-refractivity contribution in [2.24, 2.45) is 0 Å². The van der Waals surface area contributed by atoms with Crippen LogP contribution in [0.3, 0.4) is 0 Å². The molecule has 0 spiro atoms. The van der Waals surface area contributed by atoms with E-state index in [2.05, 4.69) is 4.98 Å². The number of nitrogens with one attached hydrogen (secondary N) is 1. The zero-order valence-corrected chi connectivity index (χ0v) is 14.2. The molecule has 1 amide bonds. The molecule has 24 heavy (non-hydrogen) atoms. The second-order valence-corrected chi connectivity index (χ2v) is 6.32. The average Bonchev–Trinajstić information content (AvgIpc) is 2.56. The highest BCUT2D eigenvalue weighted by Crippen LogP contribution is 2.15. The van der Waals surface area contributed by atoms with Crippen LogP contribution in [0.2, 0.25) is 5.02 Å². The van der Waals surface area contributed by atoms with Gasteiger partial charge in [0.25, 0.3) is 11.5 Å².